The van der Waals surface area contributed by atoms with Gasteiger partial charge < -0.3 is 21.1 Å². The third-order valence-corrected chi connectivity index (χ3v) is 2.11. The summed E-state index contributed by atoms with van der Waals surface area (Å²) in [6, 6.07) is 8.25. The number of benzene rings is 1. The molecule has 0 amide bonds. The monoisotopic (exact) mass is 241 g/mol. The Balaban J connectivity index is 0.000000366. The average molecular weight is 241 g/mol. The number of aliphatic hydroxyl groups excluding tert-OH is 2. The van der Waals surface area contributed by atoms with Gasteiger partial charge in [0.15, 0.2) is 6.10 Å². The second-order valence-corrected chi connectivity index (χ2v) is 3.50. The van der Waals surface area contributed by atoms with Gasteiger partial charge in [0.2, 0.25) is 0 Å². The largest absolute Gasteiger partial charge is 0.479 e. The predicted molar refractivity (Wildman–Crippen MR) is 64.4 cm³/mol. The SMILES string of the molecule is CC[C@@H](N)CO.O=C(O)[C@@H](O)c1ccccc1. The molecule has 0 saturated heterocycles. The molecule has 0 aliphatic carbocycles. The molecule has 0 aromatic heterocycles. The topological polar surface area (TPSA) is 104 Å². The molecule has 17 heavy (non-hydrogen) atoms. The molecule has 0 unspecified atom stereocenters. The highest BCUT2D eigenvalue weighted by molar-refractivity contribution is 5.73. The van der Waals surface area contributed by atoms with Crippen molar-refractivity contribution in [2.24, 2.45) is 5.73 Å². The van der Waals surface area contributed by atoms with E-state index in [0.29, 0.717) is 5.56 Å². The van der Waals surface area contributed by atoms with Gasteiger partial charge in [0.1, 0.15) is 0 Å². The lowest BCUT2D eigenvalue weighted by Crippen LogP contribution is -2.22. The zero-order chi connectivity index (χ0) is 13.3. The van der Waals surface area contributed by atoms with Gasteiger partial charge in [0.05, 0.1) is 6.61 Å². The van der Waals surface area contributed by atoms with Crippen LogP contribution in [0.2, 0.25) is 0 Å². The van der Waals surface area contributed by atoms with Crippen LogP contribution in [-0.2, 0) is 4.79 Å². The smallest absolute Gasteiger partial charge is 0.337 e. The predicted octanol–water partition coefficient (Wildman–Crippen LogP) is 0.521. The van der Waals surface area contributed by atoms with Crippen LogP contribution in [0, 0.1) is 0 Å². The van der Waals surface area contributed by atoms with E-state index in [1.54, 1.807) is 30.3 Å². The van der Waals surface area contributed by atoms with E-state index in [-0.39, 0.29) is 12.6 Å². The van der Waals surface area contributed by atoms with Gasteiger partial charge in [-0.1, -0.05) is 37.3 Å². The quantitative estimate of drug-likeness (QED) is 0.615. The Morgan fingerprint density at radius 3 is 2.18 bits per heavy atom. The summed E-state index contributed by atoms with van der Waals surface area (Å²) in [7, 11) is 0. The number of rotatable bonds is 4. The summed E-state index contributed by atoms with van der Waals surface area (Å²) >= 11 is 0. The molecular formula is C12H19NO4. The van der Waals surface area contributed by atoms with Crippen LogP contribution in [0.4, 0.5) is 0 Å². The summed E-state index contributed by atoms with van der Waals surface area (Å²) in [5.41, 5.74) is 5.63. The van der Waals surface area contributed by atoms with Gasteiger partial charge in [-0.3, -0.25) is 0 Å². The van der Waals surface area contributed by atoms with Crippen LogP contribution in [-0.4, -0.2) is 33.9 Å². The standard InChI is InChI=1S/C8H8O3.C4H11NO/c9-7(8(10)11)6-4-2-1-3-5-6;1-2-4(5)3-6/h1-5,7,9H,(H,10,11);4,6H,2-3,5H2,1H3/t7-;4-/m01/s1. The van der Waals surface area contributed by atoms with Gasteiger partial charge in [-0.15, -0.1) is 0 Å². The van der Waals surface area contributed by atoms with Crippen LogP contribution in [0.15, 0.2) is 30.3 Å². The van der Waals surface area contributed by atoms with E-state index in [1.165, 1.54) is 0 Å². The number of carboxylic acid groups (broad SMARTS) is 1. The fraction of sp³-hybridized carbons (Fsp3) is 0.417. The summed E-state index contributed by atoms with van der Waals surface area (Å²) < 4.78 is 0. The van der Waals surface area contributed by atoms with Gasteiger partial charge in [-0.05, 0) is 12.0 Å². The van der Waals surface area contributed by atoms with Gasteiger partial charge in [0, 0.05) is 6.04 Å². The molecule has 5 N–H and O–H groups in total. The highest BCUT2D eigenvalue weighted by Gasteiger charge is 2.14. The van der Waals surface area contributed by atoms with E-state index in [1.807, 2.05) is 6.92 Å². The number of aliphatic carboxylic acids is 1. The second kappa shape index (κ2) is 8.69. The Morgan fingerprint density at radius 2 is 1.88 bits per heavy atom. The lowest BCUT2D eigenvalue weighted by molar-refractivity contribution is -0.146. The van der Waals surface area contributed by atoms with Crippen molar-refractivity contribution in [3.63, 3.8) is 0 Å². The maximum atomic E-state index is 10.2. The molecule has 0 aliphatic heterocycles. The number of aliphatic hydroxyl groups is 2. The van der Waals surface area contributed by atoms with Crippen molar-refractivity contribution < 1.29 is 20.1 Å². The van der Waals surface area contributed by atoms with Crippen LogP contribution < -0.4 is 5.73 Å². The van der Waals surface area contributed by atoms with Crippen molar-refractivity contribution in [2.75, 3.05) is 6.61 Å². The lowest BCUT2D eigenvalue weighted by Gasteiger charge is -2.03. The van der Waals surface area contributed by atoms with E-state index in [9.17, 15) is 4.79 Å². The number of nitrogens with two attached hydrogens (primary N) is 1. The van der Waals surface area contributed by atoms with Crippen LogP contribution in [0.5, 0.6) is 0 Å². The Morgan fingerprint density at radius 1 is 1.35 bits per heavy atom. The minimum absolute atomic E-state index is 0.00926. The van der Waals surface area contributed by atoms with Crippen LogP contribution in [0.1, 0.15) is 25.0 Å². The summed E-state index contributed by atoms with van der Waals surface area (Å²) in [5.74, 6) is -1.23. The number of hydrogen-bond acceptors (Lipinski definition) is 4. The van der Waals surface area contributed by atoms with E-state index < -0.39 is 12.1 Å². The summed E-state index contributed by atoms with van der Waals surface area (Å²) in [6.45, 7) is 2.05. The highest BCUT2D eigenvalue weighted by Crippen LogP contribution is 2.10. The fourth-order valence-corrected chi connectivity index (χ4v) is 0.907. The maximum Gasteiger partial charge on any atom is 0.337 e. The molecule has 5 nitrogen and oxygen atoms in total. The minimum atomic E-state index is -1.41. The normalized spacial score (nSPS) is 13.2. The van der Waals surface area contributed by atoms with Gasteiger partial charge in [0.25, 0.3) is 0 Å². The van der Waals surface area contributed by atoms with Crippen molar-refractivity contribution in [1.29, 1.82) is 0 Å². The average Bonchev–Trinajstić information content (AvgIpc) is 2.38. The molecule has 96 valence electrons. The molecule has 1 rings (SSSR count). The highest BCUT2D eigenvalue weighted by atomic mass is 16.4. The molecule has 5 heteroatoms. The van der Waals surface area contributed by atoms with E-state index in [4.69, 9.17) is 21.1 Å². The first-order valence-corrected chi connectivity index (χ1v) is 5.35. The van der Waals surface area contributed by atoms with Gasteiger partial charge >= 0.3 is 5.97 Å². The van der Waals surface area contributed by atoms with Crippen molar-refractivity contribution in [2.45, 2.75) is 25.5 Å². The molecule has 0 radical (unpaired) electrons. The number of carboxylic acids is 1. The molecular weight excluding hydrogens is 222 g/mol. The molecule has 0 heterocycles. The van der Waals surface area contributed by atoms with E-state index >= 15 is 0 Å². The molecule has 2 atom stereocenters. The first-order chi connectivity index (χ1) is 8.02. The van der Waals surface area contributed by atoms with Crippen LogP contribution in [0.25, 0.3) is 0 Å². The lowest BCUT2D eigenvalue weighted by atomic mass is 10.1. The summed E-state index contributed by atoms with van der Waals surface area (Å²) in [5, 5.41) is 25.6. The maximum absolute atomic E-state index is 10.2. The summed E-state index contributed by atoms with van der Waals surface area (Å²) in [6.07, 6.45) is -0.549. The molecule has 0 saturated carbocycles. The zero-order valence-electron chi connectivity index (χ0n) is 9.78. The Hall–Kier alpha value is -1.43. The van der Waals surface area contributed by atoms with Crippen molar-refractivity contribution in [3.05, 3.63) is 35.9 Å². The second-order valence-electron chi connectivity index (χ2n) is 3.50. The molecule has 1 aromatic carbocycles. The molecule has 0 fully saturated rings. The fourth-order valence-electron chi connectivity index (χ4n) is 0.907. The Labute approximate surface area is 101 Å². The number of hydrogen-bond donors (Lipinski definition) is 4. The Kier molecular flexibility index (Phi) is 7.96. The first-order valence-electron chi connectivity index (χ1n) is 5.35. The van der Waals surface area contributed by atoms with Crippen molar-refractivity contribution >= 4 is 5.97 Å². The van der Waals surface area contributed by atoms with Crippen molar-refractivity contribution in [1.82, 2.24) is 0 Å². The molecule has 0 spiro atoms. The van der Waals surface area contributed by atoms with Crippen molar-refractivity contribution in [3.8, 4) is 0 Å². The number of carbonyl (C=O) groups is 1. The van der Waals surface area contributed by atoms with Gasteiger partial charge in [-0.25, -0.2) is 4.79 Å². The van der Waals surface area contributed by atoms with Crippen LogP contribution in [0.3, 0.4) is 0 Å². The van der Waals surface area contributed by atoms with E-state index in [0.717, 1.165) is 6.42 Å². The molecule has 1 aromatic rings. The minimum Gasteiger partial charge on any atom is -0.479 e. The molecule has 0 bridgehead atoms. The third kappa shape index (κ3) is 6.68. The van der Waals surface area contributed by atoms with Crippen LogP contribution >= 0.6 is 0 Å². The zero-order valence-corrected chi connectivity index (χ0v) is 9.78. The third-order valence-electron chi connectivity index (χ3n) is 2.11. The van der Waals surface area contributed by atoms with E-state index in [2.05, 4.69) is 0 Å². The molecule has 0 aliphatic rings. The summed E-state index contributed by atoms with van der Waals surface area (Å²) in [4.78, 5) is 10.2. The first kappa shape index (κ1) is 15.6. The Bertz CT molecular complexity index is 312. The van der Waals surface area contributed by atoms with Gasteiger partial charge in [-0.2, -0.15) is 0 Å².